The van der Waals surface area contributed by atoms with Crippen molar-refractivity contribution in [2.75, 3.05) is 26.2 Å². The van der Waals surface area contributed by atoms with Crippen LogP contribution in [0.25, 0.3) is 0 Å². The minimum Gasteiger partial charge on any atom is -0.463 e. The molecular weight excluding hydrogens is 382 g/mol. The van der Waals surface area contributed by atoms with Crippen LogP contribution in [-0.2, 0) is 16.0 Å². The smallest absolute Gasteiger partial charge is 0.337 e. The van der Waals surface area contributed by atoms with Gasteiger partial charge in [0.1, 0.15) is 0 Å². The van der Waals surface area contributed by atoms with Crippen molar-refractivity contribution >= 4 is 34.7 Å². The number of carbonyl (C=O) groups is 2. The summed E-state index contributed by atoms with van der Waals surface area (Å²) < 4.78 is 5.18. The van der Waals surface area contributed by atoms with Crippen LogP contribution in [0.4, 0.5) is 4.79 Å². The first-order valence-electron chi connectivity index (χ1n) is 8.95. The molecule has 0 bridgehead atoms. The number of ether oxygens (including phenoxy) is 1. The van der Waals surface area contributed by atoms with Gasteiger partial charge in [-0.15, -0.1) is 22.7 Å². The Bertz CT molecular complexity index is 873. The molecule has 2 amide bonds. The summed E-state index contributed by atoms with van der Waals surface area (Å²) in [5, 5.41) is 9.73. The maximum Gasteiger partial charge on any atom is 0.337 e. The Morgan fingerprint density at radius 2 is 2.22 bits per heavy atom. The Balaban J connectivity index is 1.67. The minimum atomic E-state index is -0.374. The molecule has 0 saturated carbocycles. The molecule has 0 fully saturated rings. The number of nitrogens with zero attached hydrogens (tertiary/aromatic N) is 1. The largest absolute Gasteiger partial charge is 0.463 e. The standard InChI is InChI=1S/C19H21N3O3S2/c1-2-25-18(23)13-10-20-19(24)21-14(13)11-22-7-5-15-12(6-9-27-15)17(22)16-4-3-8-26-16/h3-4,6,8-9,17H,2,5,7,10-11H2,1H3,(H2,20,21,24). The lowest BCUT2D eigenvalue weighted by molar-refractivity contribution is -0.138. The molecule has 2 aliphatic heterocycles. The second-order valence-corrected chi connectivity index (χ2v) is 8.40. The molecule has 1 unspecified atom stereocenters. The Hall–Kier alpha value is -2.16. The van der Waals surface area contributed by atoms with E-state index in [9.17, 15) is 9.59 Å². The SMILES string of the molecule is CCOC(=O)C1=C(CN2CCc3sccc3C2c2cccs2)NC(=O)NC1. The third-order valence-electron chi connectivity index (χ3n) is 4.82. The fraction of sp³-hybridized carbons (Fsp3) is 0.368. The van der Waals surface area contributed by atoms with Crippen molar-refractivity contribution in [3.05, 3.63) is 55.5 Å². The first-order valence-corrected chi connectivity index (χ1v) is 10.7. The molecule has 2 aliphatic rings. The molecule has 0 aromatic carbocycles. The van der Waals surface area contributed by atoms with Gasteiger partial charge in [0.15, 0.2) is 0 Å². The zero-order chi connectivity index (χ0) is 18.8. The summed E-state index contributed by atoms with van der Waals surface area (Å²) in [5.74, 6) is -0.374. The van der Waals surface area contributed by atoms with Gasteiger partial charge in [0.25, 0.3) is 0 Å². The van der Waals surface area contributed by atoms with Gasteiger partial charge in [-0.05, 0) is 41.8 Å². The highest BCUT2D eigenvalue weighted by Crippen LogP contribution is 2.39. The summed E-state index contributed by atoms with van der Waals surface area (Å²) >= 11 is 3.53. The molecule has 4 heterocycles. The minimum absolute atomic E-state index is 0.141. The third kappa shape index (κ3) is 3.65. The van der Waals surface area contributed by atoms with E-state index in [-0.39, 0.29) is 24.6 Å². The number of thiophene rings is 2. The van der Waals surface area contributed by atoms with Crippen LogP contribution >= 0.6 is 22.7 Å². The molecule has 2 N–H and O–H groups in total. The van der Waals surface area contributed by atoms with Crippen molar-refractivity contribution in [3.8, 4) is 0 Å². The van der Waals surface area contributed by atoms with E-state index in [0.717, 1.165) is 13.0 Å². The normalized spacial score (nSPS) is 20.0. The average molecular weight is 404 g/mol. The summed E-state index contributed by atoms with van der Waals surface area (Å²) in [7, 11) is 0. The van der Waals surface area contributed by atoms with E-state index in [1.165, 1.54) is 15.3 Å². The molecule has 6 nitrogen and oxygen atoms in total. The highest BCUT2D eigenvalue weighted by molar-refractivity contribution is 7.10. The van der Waals surface area contributed by atoms with Gasteiger partial charge in [-0.1, -0.05) is 6.07 Å². The Labute approximate surface area is 165 Å². The number of carbonyl (C=O) groups excluding carboxylic acids is 2. The second-order valence-electron chi connectivity index (χ2n) is 6.42. The van der Waals surface area contributed by atoms with Gasteiger partial charge in [-0.25, -0.2) is 9.59 Å². The first-order chi connectivity index (χ1) is 13.2. The molecule has 0 spiro atoms. The maximum absolute atomic E-state index is 12.3. The van der Waals surface area contributed by atoms with Crippen LogP contribution in [0.5, 0.6) is 0 Å². The number of amides is 2. The monoisotopic (exact) mass is 403 g/mol. The Morgan fingerprint density at radius 3 is 3.00 bits per heavy atom. The molecule has 1 atom stereocenters. The zero-order valence-electron chi connectivity index (χ0n) is 15.0. The van der Waals surface area contributed by atoms with Gasteiger partial charge in [0.05, 0.1) is 24.8 Å². The fourth-order valence-corrected chi connectivity index (χ4v) is 5.38. The van der Waals surface area contributed by atoms with Crippen LogP contribution in [0.1, 0.15) is 28.3 Å². The van der Waals surface area contributed by atoms with Crippen LogP contribution < -0.4 is 10.6 Å². The van der Waals surface area contributed by atoms with Crippen molar-refractivity contribution < 1.29 is 14.3 Å². The van der Waals surface area contributed by atoms with Crippen LogP contribution in [0.3, 0.4) is 0 Å². The summed E-state index contributed by atoms with van der Waals surface area (Å²) in [6.45, 7) is 3.66. The number of esters is 1. The molecular formula is C19H21N3O3S2. The van der Waals surface area contributed by atoms with Gasteiger partial charge in [0.2, 0.25) is 0 Å². The fourth-order valence-electron chi connectivity index (χ4n) is 3.60. The van der Waals surface area contributed by atoms with Gasteiger partial charge in [0, 0.05) is 28.5 Å². The van der Waals surface area contributed by atoms with E-state index in [4.69, 9.17) is 4.74 Å². The lowest BCUT2D eigenvalue weighted by Crippen LogP contribution is -2.48. The molecule has 142 valence electrons. The van der Waals surface area contributed by atoms with E-state index in [1.54, 1.807) is 29.6 Å². The van der Waals surface area contributed by atoms with E-state index in [0.29, 0.717) is 24.4 Å². The number of fused-ring (bicyclic) bond motifs is 1. The summed E-state index contributed by atoms with van der Waals surface area (Å²) in [6.07, 6.45) is 0.975. The molecule has 2 aromatic heterocycles. The number of nitrogens with one attached hydrogen (secondary N) is 2. The number of hydrogen-bond donors (Lipinski definition) is 2. The molecule has 0 saturated heterocycles. The van der Waals surface area contributed by atoms with E-state index in [2.05, 4.69) is 44.5 Å². The van der Waals surface area contributed by atoms with Crippen molar-refractivity contribution in [1.82, 2.24) is 15.5 Å². The first kappa shape index (κ1) is 18.2. The molecule has 2 aromatic rings. The molecule has 0 aliphatic carbocycles. The highest BCUT2D eigenvalue weighted by atomic mass is 32.1. The summed E-state index contributed by atoms with van der Waals surface area (Å²) in [4.78, 5) is 29.2. The van der Waals surface area contributed by atoms with Crippen LogP contribution in [-0.4, -0.2) is 43.1 Å². The molecule has 8 heteroatoms. The average Bonchev–Trinajstić information content (AvgIpc) is 3.33. The van der Waals surface area contributed by atoms with Gasteiger partial charge < -0.3 is 15.4 Å². The lowest BCUT2D eigenvalue weighted by Gasteiger charge is -2.37. The Kier molecular flexibility index (Phi) is 5.29. The van der Waals surface area contributed by atoms with E-state index >= 15 is 0 Å². The number of urea groups is 1. The predicted molar refractivity (Wildman–Crippen MR) is 106 cm³/mol. The van der Waals surface area contributed by atoms with Crippen molar-refractivity contribution in [1.29, 1.82) is 0 Å². The lowest BCUT2D eigenvalue weighted by atomic mass is 9.97. The molecule has 4 rings (SSSR count). The van der Waals surface area contributed by atoms with Gasteiger partial charge >= 0.3 is 12.0 Å². The van der Waals surface area contributed by atoms with E-state index in [1.807, 2.05) is 0 Å². The predicted octanol–water partition coefficient (Wildman–Crippen LogP) is 2.89. The Morgan fingerprint density at radius 1 is 1.33 bits per heavy atom. The van der Waals surface area contributed by atoms with Gasteiger partial charge in [-0.2, -0.15) is 0 Å². The maximum atomic E-state index is 12.3. The van der Waals surface area contributed by atoms with Crippen molar-refractivity contribution in [3.63, 3.8) is 0 Å². The molecule has 27 heavy (non-hydrogen) atoms. The van der Waals surface area contributed by atoms with Crippen LogP contribution in [0.2, 0.25) is 0 Å². The second kappa shape index (κ2) is 7.84. The summed E-state index contributed by atoms with van der Waals surface area (Å²) in [6, 6.07) is 6.27. The zero-order valence-corrected chi connectivity index (χ0v) is 16.6. The van der Waals surface area contributed by atoms with Crippen LogP contribution in [0, 0.1) is 0 Å². The topological polar surface area (TPSA) is 70.7 Å². The number of hydrogen-bond acceptors (Lipinski definition) is 6. The quantitative estimate of drug-likeness (QED) is 0.753. The van der Waals surface area contributed by atoms with Gasteiger partial charge in [-0.3, -0.25) is 4.90 Å². The van der Waals surface area contributed by atoms with Crippen molar-refractivity contribution in [2.45, 2.75) is 19.4 Å². The highest BCUT2D eigenvalue weighted by Gasteiger charge is 2.33. The van der Waals surface area contributed by atoms with E-state index < -0.39 is 0 Å². The molecule has 0 radical (unpaired) electrons. The van der Waals surface area contributed by atoms with Crippen molar-refractivity contribution in [2.24, 2.45) is 0 Å². The number of rotatable bonds is 5. The van der Waals surface area contributed by atoms with Crippen LogP contribution in [0.15, 0.2) is 40.2 Å². The summed E-state index contributed by atoms with van der Waals surface area (Å²) in [5.41, 5.74) is 2.46. The third-order valence-corrected chi connectivity index (χ3v) is 6.74.